The lowest BCUT2D eigenvalue weighted by Gasteiger charge is -2.21. The molecule has 0 spiro atoms. The van der Waals surface area contributed by atoms with Crippen LogP contribution in [0.5, 0.6) is 0 Å². The number of aliphatic hydroxyl groups is 3. The van der Waals surface area contributed by atoms with Gasteiger partial charge in [-0.3, -0.25) is 23.2 Å². The van der Waals surface area contributed by atoms with E-state index in [0.29, 0.717) is 6.42 Å². The number of rotatable bonds is 43. The lowest BCUT2D eigenvalue weighted by Crippen LogP contribution is -2.36. The van der Waals surface area contributed by atoms with Gasteiger partial charge in [0, 0.05) is 19.0 Å². The Hall–Kier alpha value is -3.58. The van der Waals surface area contributed by atoms with Crippen molar-refractivity contribution in [1.29, 1.82) is 0 Å². The van der Waals surface area contributed by atoms with Crippen molar-refractivity contribution in [2.75, 3.05) is 25.6 Å². The number of allylic oxidation sites excluding steroid dienone is 9. The van der Waals surface area contributed by atoms with Gasteiger partial charge in [0.2, 0.25) is 0 Å². The molecule has 21 heteroatoms. The average molecular weight is 1070 g/mol. The zero-order valence-corrected chi connectivity index (χ0v) is 45.1. The molecule has 0 amide bonds. The highest BCUT2D eigenvalue weighted by Gasteiger charge is 2.46. The zero-order valence-electron chi connectivity index (χ0n) is 43.3. The summed E-state index contributed by atoms with van der Waals surface area (Å²) >= 11 is 0. The summed E-state index contributed by atoms with van der Waals surface area (Å²) in [7, 11) is -10.9. The molecule has 0 aliphatic carbocycles. The third-order valence-electron chi connectivity index (χ3n) is 11.7. The number of aliphatic hydroxyl groups excluding tert-OH is 3. The van der Waals surface area contributed by atoms with Crippen molar-refractivity contribution >= 4 is 33.4 Å². The summed E-state index contributed by atoms with van der Waals surface area (Å²) in [5.41, 5.74) is 4.57. The smallest absolute Gasteiger partial charge is 0.462 e. The largest absolute Gasteiger partial charge is 0.481 e. The van der Waals surface area contributed by atoms with E-state index < -0.39 is 89.8 Å². The van der Waals surface area contributed by atoms with Crippen molar-refractivity contribution in [2.24, 2.45) is 0 Å². The number of hydrogen-bond donors (Lipinski definition) is 6. The van der Waals surface area contributed by atoms with Crippen LogP contribution in [0.15, 0.2) is 77.8 Å². The van der Waals surface area contributed by atoms with E-state index in [-0.39, 0.29) is 31.5 Å². The highest BCUT2D eigenvalue weighted by atomic mass is 31.3. The van der Waals surface area contributed by atoms with Gasteiger partial charge in [0.1, 0.15) is 30.7 Å². The Morgan fingerprint density at radius 3 is 1.93 bits per heavy atom. The Morgan fingerprint density at radius 2 is 1.27 bits per heavy atom. The number of phosphoric ester groups is 2. The zero-order chi connectivity index (χ0) is 53.6. The van der Waals surface area contributed by atoms with Crippen LogP contribution in [0.3, 0.4) is 0 Å². The monoisotopic (exact) mass is 1070 g/mol. The second kappa shape index (κ2) is 39.8. The number of anilines is 1. The number of esters is 2. The van der Waals surface area contributed by atoms with Crippen molar-refractivity contribution in [1.82, 2.24) is 9.55 Å². The topological polar surface area (TPSA) is 286 Å². The summed E-state index contributed by atoms with van der Waals surface area (Å²) in [6, 6.07) is 1.24. The molecule has 19 nitrogen and oxygen atoms in total. The number of hydrogen-bond acceptors (Lipinski definition) is 16. The minimum atomic E-state index is -5.47. The maximum atomic E-state index is 12.9. The summed E-state index contributed by atoms with van der Waals surface area (Å²) in [4.78, 5) is 62.0. The number of aromatic nitrogens is 2. The van der Waals surface area contributed by atoms with Crippen LogP contribution in [0.2, 0.25) is 0 Å². The van der Waals surface area contributed by atoms with Gasteiger partial charge in [-0.2, -0.15) is 9.29 Å². The van der Waals surface area contributed by atoms with Crippen molar-refractivity contribution in [3.8, 4) is 0 Å². The van der Waals surface area contributed by atoms with E-state index in [1.807, 2.05) is 12.2 Å². The number of ether oxygens (including phenoxy) is 3. The van der Waals surface area contributed by atoms with E-state index in [1.165, 1.54) is 63.9 Å². The van der Waals surface area contributed by atoms with Crippen LogP contribution >= 0.6 is 15.6 Å². The lowest BCUT2D eigenvalue weighted by atomic mass is 10.1. The molecule has 2 rings (SSSR count). The Bertz CT molecular complexity index is 1980. The van der Waals surface area contributed by atoms with Crippen LogP contribution in [-0.2, 0) is 46.3 Å². The second-order valence-corrected chi connectivity index (χ2v) is 21.3. The van der Waals surface area contributed by atoms with Gasteiger partial charge in [-0.1, -0.05) is 152 Å². The minimum absolute atomic E-state index is 0.00305. The molecular formula is C52H87N3O16P2. The molecule has 7 N–H and O–H groups in total. The maximum absolute atomic E-state index is 12.9. The molecule has 416 valence electrons. The number of nitrogens with zero attached hydrogens (tertiary/aromatic N) is 2. The first kappa shape index (κ1) is 65.5. The summed E-state index contributed by atoms with van der Waals surface area (Å²) in [5, 5.41) is 31.3. The molecule has 0 radical (unpaired) electrons. The van der Waals surface area contributed by atoms with E-state index in [1.54, 1.807) is 12.2 Å². The van der Waals surface area contributed by atoms with Gasteiger partial charge in [-0.15, -0.1) is 0 Å². The molecule has 1 aromatic heterocycles. The molecular weight excluding hydrogens is 985 g/mol. The number of phosphoric acid groups is 2. The SMILES string of the molecule is CCCCC/C=C\C/C=C\C/C=C\C=C\[C@@H](O)CCCC(=O)OC[C@H](COP(=O)(O)OP(=O)(O)OC[C@H]1O[C@@H](n2ccc(N)nc2=O)[C@H](O)[C@@H]1O)OC(=O)CCCCCCCCC/C=C\CCCCCCCC. The van der Waals surface area contributed by atoms with Gasteiger partial charge in [-0.05, 0) is 76.7 Å². The Labute approximate surface area is 433 Å². The summed E-state index contributed by atoms with van der Waals surface area (Å²) in [6.07, 6.45) is 36.0. The van der Waals surface area contributed by atoms with Crippen LogP contribution < -0.4 is 11.4 Å². The van der Waals surface area contributed by atoms with Gasteiger partial charge in [0.05, 0.1) is 19.3 Å². The molecule has 8 atom stereocenters. The number of nitrogen functional groups attached to an aromatic ring is 1. The Balaban J connectivity index is 1.84. The van der Waals surface area contributed by atoms with E-state index in [4.69, 9.17) is 29.0 Å². The highest BCUT2D eigenvalue weighted by molar-refractivity contribution is 7.61. The third kappa shape index (κ3) is 32.5. The number of carbonyl (C=O) groups excluding carboxylic acids is 2. The molecule has 73 heavy (non-hydrogen) atoms. The highest BCUT2D eigenvalue weighted by Crippen LogP contribution is 2.60. The molecule has 1 aliphatic rings. The van der Waals surface area contributed by atoms with Crippen molar-refractivity contribution in [3.63, 3.8) is 0 Å². The summed E-state index contributed by atoms with van der Waals surface area (Å²) in [6.45, 7) is 1.94. The number of carbonyl (C=O) groups is 2. The van der Waals surface area contributed by atoms with E-state index in [0.717, 1.165) is 81.4 Å². The van der Waals surface area contributed by atoms with Crippen LogP contribution in [0.4, 0.5) is 5.82 Å². The standard InChI is InChI=1S/C52H87N3O16P2/c1-3-5-7-9-11-13-15-17-18-19-20-22-24-26-28-30-32-36-48(58)69-44(40-66-47(57)37-33-35-43(56)34-31-29-27-25-23-21-16-14-12-10-8-6-4-2)41-67-72(62,63)71-73(64,65)68-42-45-49(59)50(60)51(70-45)55-39-38-46(53)54-52(55)61/h12,14,17-18,21,23,27,29,31,34,38-39,43-45,49-51,56,59-60H,3-11,13,15-16,19-20,22,24-26,28,30,32-33,35-37,40-42H2,1-2H3,(H,62,63)(H,64,65)(H2,53,54,61)/b14-12-,18-17-,23-21-,29-27-,34-31+/t43-,44-,45-,49-,50-,51-/m1/s1. The molecule has 1 aromatic rings. The van der Waals surface area contributed by atoms with E-state index >= 15 is 0 Å². The lowest BCUT2D eigenvalue weighted by molar-refractivity contribution is -0.161. The van der Waals surface area contributed by atoms with Gasteiger partial charge in [0.15, 0.2) is 12.3 Å². The fourth-order valence-corrected chi connectivity index (χ4v) is 9.64. The third-order valence-corrected chi connectivity index (χ3v) is 14.3. The van der Waals surface area contributed by atoms with E-state index in [2.05, 4.69) is 59.6 Å². The minimum Gasteiger partial charge on any atom is -0.462 e. The molecule has 1 saturated heterocycles. The molecule has 0 saturated carbocycles. The molecule has 2 unspecified atom stereocenters. The maximum Gasteiger partial charge on any atom is 0.481 e. The quantitative estimate of drug-likeness (QED) is 0.0117. The van der Waals surface area contributed by atoms with Gasteiger partial charge in [-0.25, -0.2) is 13.9 Å². The second-order valence-electron chi connectivity index (χ2n) is 18.2. The molecule has 0 bridgehead atoms. The van der Waals surface area contributed by atoms with E-state index in [9.17, 15) is 48.6 Å². The average Bonchev–Trinajstić information content (AvgIpc) is 3.62. The Morgan fingerprint density at radius 1 is 0.726 bits per heavy atom. The molecule has 0 aromatic carbocycles. The van der Waals surface area contributed by atoms with Crippen LogP contribution in [0, 0.1) is 0 Å². The summed E-state index contributed by atoms with van der Waals surface area (Å²) in [5.74, 6) is -1.51. The van der Waals surface area contributed by atoms with Gasteiger partial charge in [0.25, 0.3) is 0 Å². The molecule has 1 fully saturated rings. The van der Waals surface area contributed by atoms with Crippen LogP contribution in [0.25, 0.3) is 0 Å². The van der Waals surface area contributed by atoms with Crippen LogP contribution in [0.1, 0.15) is 181 Å². The first-order valence-electron chi connectivity index (χ1n) is 26.4. The first-order valence-corrected chi connectivity index (χ1v) is 29.4. The fraction of sp³-hybridized carbons (Fsp3) is 0.692. The summed E-state index contributed by atoms with van der Waals surface area (Å²) < 4.78 is 56.7. The fourth-order valence-electron chi connectivity index (χ4n) is 7.53. The normalized spacial score (nSPS) is 19.9. The Kier molecular flexibility index (Phi) is 35.7. The predicted molar refractivity (Wildman–Crippen MR) is 281 cm³/mol. The number of unbranched alkanes of at least 4 members (excludes halogenated alkanes) is 16. The first-order chi connectivity index (χ1) is 35.1. The number of nitrogens with two attached hydrogens (primary N) is 1. The van der Waals surface area contributed by atoms with Gasteiger partial charge < -0.3 is 45.1 Å². The van der Waals surface area contributed by atoms with Crippen molar-refractivity contribution < 1.29 is 71.4 Å². The van der Waals surface area contributed by atoms with Gasteiger partial charge >= 0.3 is 33.3 Å². The van der Waals surface area contributed by atoms with Crippen LogP contribution in [-0.4, -0.2) is 96.9 Å². The predicted octanol–water partition coefficient (Wildman–Crippen LogP) is 10.1. The molecule has 2 heterocycles. The molecule has 1 aliphatic heterocycles. The van der Waals surface area contributed by atoms with Crippen molar-refractivity contribution in [2.45, 2.75) is 211 Å². The van der Waals surface area contributed by atoms with Crippen molar-refractivity contribution in [3.05, 3.63) is 83.5 Å².